The molecule has 1 unspecified atom stereocenters. The van der Waals surface area contributed by atoms with Crippen molar-refractivity contribution < 1.29 is 17.8 Å². The summed E-state index contributed by atoms with van der Waals surface area (Å²) in [5, 5.41) is 3.85. The molecule has 1 fully saturated rings. The van der Waals surface area contributed by atoms with Crippen molar-refractivity contribution in [3.63, 3.8) is 0 Å². The number of aromatic nitrogens is 1. The molecule has 1 aliphatic heterocycles. The second-order valence-electron chi connectivity index (χ2n) is 6.00. The molecule has 1 atom stereocenters. The van der Waals surface area contributed by atoms with E-state index in [0.717, 1.165) is 12.8 Å². The highest BCUT2D eigenvalue weighted by molar-refractivity contribution is 7.96. The summed E-state index contributed by atoms with van der Waals surface area (Å²) in [7, 11) is -3.79. The number of sulfone groups is 1. The molecule has 0 radical (unpaired) electrons. The third kappa shape index (κ3) is 2.58. The Balaban J connectivity index is 1.98. The van der Waals surface area contributed by atoms with Gasteiger partial charge in [0.1, 0.15) is 11.4 Å². The number of aryl methyl sites for hydroxylation is 1. The molecule has 1 aromatic heterocycles. The van der Waals surface area contributed by atoms with Crippen LogP contribution in [0.25, 0.3) is 0 Å². The van der Waals surface area contributed by atoms with Gasteiger partial charge in [-0.2, -0.15) is 0 Å². The number of rotatable bonds is 4. The minimum atomic E-state index is -3.79. The predicted octanol–water partition coefficient (Wildman–Crippen LogP) is 2.67. The molecule has 2 aliphatic rings. The van der Waals surface area contributed by atoms with Gasteiger partial charge in [-0.05, 0) is 39.7 Å². The van der Waals surface area contributed by atoms with E-state index in [1.807, 2.05) is 0 Å². The van der Waals surface area contributed by atoms with Gasteiger partial charge in [0.05, 0.1) is 11.3 Å². The molecule has 1 saturated carbocycles. The molecule has 1 N–H and O–H groups in total. The van der Waals surface area contributed by atoms with Gasteiger partial charge < -0.3 is 4.52 Å². The Morgan fingerprint density at radius 3 is 2.67 bits per heavy atom. The molecule has 1 aliphatic carbocycles. The number of nitrogens with zero attached hydrogens (tertiary/aromatic N) is 1. The van der Waals surface area contributed by atoms with E-state index in [2.05, 4.69) is 10.6 Å². The molecule has 1 aromatic rings. The standard InChI is InChI=1S/C13H17ClN2O4S/c1-7-10(11(19-15-7)8-4-5-8)12(14)21(17,18)9-6-13(2,3)20-16-9/h6,8,12,16H,4-5H2,1-3H3. The fraction of sp³-hybridized carbons (Fsp3) is 0.615. The van der Waals surface area contributed by atoms with Gasteiger partial charge in [0, 0.05) is 5.92 Å². The lowest BCUT2D eigenvalue weighted by atomic mass is 10.1. The first-order chi connectivity index (χ1) is 9.72. The Labute approximate surface area is 128 Å². The maximum atomic E-state index is 12.7. The van der Waals surface area contributed by atoms with E-state index in [9.17, 15) is 8.42 Å². The molecule has 21 heavy (non-hydrogen) atoms. The zero-order chi connectivity index (χ0) is 15.4. The lowest BCUT2D eigenvalue weighted by molar-refractivity contribution is -0.0129. The zero-order valence-electron chi connectivity index (χ0n) is 12.0. The Hall–Kier alpha value is -1.05. The topological polar surface area (TPSA) is 81.4 Å². The van der Waals surface area contributed by atoms with Crippen LogP contribution in [0.15, 0.2) is 15.6 Å². The number of halogens is 1. The van der Waals surface area contributed by atoms with Gasteiger partial charge in [0.2, 0.25) is 9.84 Å². The summed E-state index contributed by atoms with van der Waals surface area (Å²) in [4.78, 5) is 5.21. The first-order valence-electron chi connectivity index (χ1n) is 6.73. The Kier molecular flexibility index (Phi) is 3.35. The van der Waals surface area contributed by atoms with Crippen molar-refractivity contribution in [1.82, 2.24) is 10.6 Å². The molecule has 0 saturated heterocycles. The lowest BCUT2D eigenvalue weighted by Gasteiger charge is -2.13. The summed E-state index contributed by atoms with van der Waals surface area (Å²) >= 11 is 6.27. The highest BCUT2D eigenvalue weighted by Gasteiger charge is 2.42. The van der Waals surface area contributed by atoms with Crippen LogP contribution in [-0.2, 0) is 14.7 Å². The van der Waals surface area contributed by atoms with E-state index in [-0.39, 0.29) is 10.9 Å². The monoisotopic (exact) mass is 332 g/mol. The molecule has 116 valence electrons. The van der Waals surface area contributed by atoms with Gasteiger partial charge >= 0.3 is 0 Å². The molecule has 3 rings (SSSR count). The SMILES string of the molecule is Cc1noc(C2CC2)c1C(Cl)S(=O)(=O)C1=CC(C)(C)ON1. The van der Waals surface area contributed by atoms with Gasteiger partial charge in [-0.3, -0.25) is 10.3 Å². The highest BCUT2D eigenvalue weighted by atomic mass is 35.5. The number of nitrogens with one attached hydrogen (secondary N) is 1. The van der Waals surface area contributed by atoms with Crippen LogP contribution in [0.5, 0.6) is 0 Å². The minimum absolute atomic E-state index is 0.0187. The van der Waals surface area contributed by atoms with Crippen molar-refractivity contribution in [2.75, 3.05) is 0 Å². The molecule has 0 aromatic carbocycles. The number of hydroxylamine groups is 1. The second-order valence-corrected chi connectivity index (χ2v) is 8.69. The fourth-order valence-corrected chi connectivity index (χ4v) is 4.25. The average molecular weight is 333 g/mol. The van der Waals surface area contributed by atoms with Gasteiger partial charge in [0.15, 0.2) is 9.74 Å². The number of alkyl halides is 1. The predicted molar refractivity (Wildman–Crippen MR) is 77.1 cm³/mol. The van der Waals surface area contributed by atoms with Crippen LogP contribution in [0.2, 0.25) is 0 Å². The van der Waals surface area contributed by atoms with E-state index < -0.39 is 20.1 Å². The van der Waals surface area contributed by atoms with Crippen LogP contribution in [0.3, 0.4) is 0 Å². The van der Waals surface area contributed by atoms with Crippen molar-refractivity contribution in [2.45, 2.75) is 49.8 Å². The summed E-state index contributed by atoms with van der Waals surface area (Å²) in [6.45, 7) is 5.21. The van der Waals surface area contributed by atoms with E-state index in [1.165, 1.54) is 6.08 Å². The van der Waals surface area contributed by atoms with Crippen LogP contribution in [0.1, 0.15) is 54.3 Å². The first kappa shape index (κ1) is 14.9. The number of hydrogen-bond donors (Lipinski definition) is 1. The third-order valence-electron chi connectivity index (χ3n) is 3.58. The molecule has 0 spiro atoms. The van der Waals surface area contributed by atoms with Crippen molar-refractivity contribution in [2.24, 2.45) is 0 Å². The van der Waals surface area contributed by atoms with Crippen molar-refractivity contribution >= 4 is 21.4 Å². The van der Waals surface area contributed by atoms with E-state index >= 15 is 0 Å². The molecule has 8 heteroatoms. The lowest BCUT2D eigenvalue weighted by Crippen LogP contribution is -2.23. The first-order valence-corrected chi connectivity index (χ1v) is 8.71. The van der Waals surface area contributed by atoms with Crippen LogP contribution < -0.4 is 5.48 Å². The van der Waals surface area contributed by atoms with Crippen molar-refractivity contribution in [3.8, 4) is 0 Å². The number of hydrogen-bond acceptors (Lipinski definition) is 6. The highest BCUT2D eigenvalue weighted by Crippen LogP contribution is 2.47. The smallest absolute Gasteiger partial charge is 0.216 e. The van der Waals surface area contributed by atoms with Crippen molar-refractivity contribution in [1.29, 1.82) is 0 Å². The minimum Gasteiger partial charge on any atom is -0.360 e. The average Bonchev–Trinajstić information content (AvgIpc) is 3.07. The quantitative estimate of drug-likeness (QED) is 0.854. The van der Waals surface area contributed by atoms with Crippen LogP contribution in [-0.4, -0.2) is 19.2 Å². The van der Waals surface area contributed by atoms with Gasteiger partial charge in [-0.15, -0.1) is 0 Å². The van der Waals surface area contributed by atoms with E-state index in [1.54, 1.807) is 20.8 Å². The van der Waals surface area contributed by atoms with E-state index in [0.29, 0.717) is 17.0 Å². The molecular formula is C13H17ClN2O4S. The molecular weight excluding hydrogens is 316 g/mol. The van der Waals surface area contributed by atoms with Gasteiger partial charge in [-0.25, -0.2) is 8.42 Å². The molecule has 2 heterocycles. The zero-order valence-corrected chi connectivity index (χ0v) is 13.6. The maximum absolute atomic E-state index is 12.7. The summed E-state index contributed by atoms with van der Waals surface area (Å²) in [5.41, 5.74) is 2.74. The van der Waals surface area contributed by atoms with Crippen LogP contribution in [0, 0.1) is 6.92 Å². The van der Waals surface area contributed by atoms with Gasteiger partial charge in [0.25, 0.3) is 0 Å². The molecule has 0 amide bonds. The Bertz CT molecular complexity index is 704. The summed E-state index contributed by atoms with van der Waals surface area (Å²) in [6.07, 6.45) is 3.46. The largest absolute Gasteiger partial charge is 0.360 e. The summed E-state index contributed by atoms with van der Waals surface area (Å²) in [6, 6.07) is 0. The van der Waals surface area contributed by atoms with Crippen LogP contribution >= 0.6 is 11.6 Å². The fourth-order valence-electron chi connectivity index (χ4n) is 2.27. The summed E-state index contributed by atoms with van der Waals surface area (Å²) in [5.74, 6) is 0.825. The summed E-state index contributed by atoms with van der Waals surface area (Å²) < 4.78 is 29.3. The molecule has 0 bridgehead atoms. The van der Waals surface area contributed by atoms with E-state index in [4.69, 9.17) is 21.0 Å². The second kappa shape index (κ2) is 4.72. The Morgan fingerprint density at radius 2 is 2.14 bits per heavy atom. The normalized spacial score (nSPS) is 22.8. The van der Waals surface area contributed by atoms with Crippen molar-refractivity contribution in [3.05, 3.63) is 28.1 Å². The molecule has 6 nitrogen and oxygen atoms in total. The van der Waals surface area contributed by atoms with Crippen LogP contribution in [0.4, 0.5) is 0 Å². The Morgan fingerprint density at radius 1 is 1.48 bits per heavy atom. The maximum Gasteiger partial charge on any atom is 0.216 e. The van der Waals surface area contributed by atoms with Gasteiger partial charge in [-0.1, -0.05) is 16.8 Å². The third-order valence-corrected chi connectivity index (χ3v) is 6.10.